The molecule has 3 rings (SSSR count). The van der Waals surface area contributed by atoms with Crippen molar-refractivity contribution in [1.82, 2.24) is 25.2 Å². The smallest absolute Gasteiger partial charge is 0.213 e. The minimum Gasteiger partial charge on any atom is -0.481 e. The number of aromatic nitrogens is 3. The second-order valence-corrected chi connectivity index (χ2v) is 6.31. The minimum atomic E-state index is 0.470. The molecular formula is C21H26N6O. The van der Waals surface area contributed by atoms with Crippen LogP contribution in [0.3, 0.4) is 0 Å². The maximum Gasteiger partial charge on any atom is 0.213 e. The molecule has 28 heavy (non-hydrogen) atoms. The molecule has 0 unspecified atom stereocenters. The van der Waals surface area contributed by atoms with Crippen molar-refractivity contribution >= 4 is 5.96 Å². The molecule has 0 bridgehead atoms. The maximum absolute atomic E-state index is 5.18. The van der Waals surface area contributed by atoms with Crippen molar-refractivity contribution in [3.8, 4) is 17.1 Å². The monoisotopic (exact) mass is 378 g/mol. The summed E-state index contributed by atoms with van der Waals surface area (Å²) < 4.78 is 5.18. The first-order valence-electron chi connectivity index (χ1n) is 9.28. The summed E-state index contributed by atoms with van der Waals surface area (Å²) >= 11 is 0. The average Bonchev–Trinajstić information content (AvgIpc) is 3.20. The zero-order chi connectivity index (χ0) is 19.8. The summed E-state index contributed by atoms with van der Waals surface area (Å²) in [5.74, 6) is 2.27. The number of pyridine rings is 1. The molecule has 146 valence electrons. The van der Waals surface area contributed by atoms with E-state index in [0.29, 0.717) is 19.0 Å². The number of hydrogen-bond donors (Lipinski definition) is 2. The molecule has 7 heteroatoms. The lowest BCUT2D eigenvalue weighted by molar-refractivity contribution is 0.396. The molecule has 0 aliphatic heterocycles. The third-order valence-electron chi connectivity index (χ3n) is 4.18. The first-order valence-corrected chi connectivity index (χ1v) is 9.28. The van der Waals surface area contributed by atoms with Gasteiger partial charge in [-0.2, -0.15) is 0 Å². The molecule has 0 saturated carbocycles. The number of nitrogens with one attached hydrogen (secondary N) is 2. The Labute approximate surface area is 165 Å². The molecule has 0 amide bonds. The second-order valence-electron chi connectivity index (χ2n) is 6.31. The predicted molar refractivity (Wildman–Crippen MR) is 111 cm³/mol. The number of nitrogens with zero attached hydrogens (tertiary/aromatic N) is 4. The summed E-state index contributed by atoms with van der Waals surface area (Å²) in [6.07, 6.45) is 1.86. The van der Waals surface area contributed by atoms with E-state index in [-0.39, 0.29) is 0 Å². The van der Waals surface area contributed by atoms with Crippen molar-refractivity contribution < 1.29 is 4.74 Å². The Morgan fingerprint density at radius 3 is 2.75 bits per heavy atom. The van der Waals surface area contributed by atoms with Gasteiger partial charge in [0.25, 0.3) is 0 Å². The van der Waals surface area contributed by atoms with E-state index in [4.69, 9.17) is 9.73 Å². The van der Waals surface area contributed by atoms with Crippen molar-refractivity contribution in [2.75, 3.05) is 20.7 Å². The van der Waals surface area contributed by atoms with E-state index in [1.807, 2.05) is 61.5 Å². The zero-order valence-corrected chi connectivity index (χ0v) is 16.5. The molecule has 0 spiro atoms. The molecule has 0 aliphatic carbocycles. The van der Waals surface area contributed by atoms with Gasteiger partial charge in [0, 0.05) is 19.7 Å². The Morgan fingerprint density at radius 2 is 2.00 bits per heavy atom. The lowest BCUT2D eigenvalue weighted by Gasteiger charge is -2.21. The number of aliphatic imine (C=N–C) groups is 1. The highest BCUT2D eigenvalue weighted by atomic mass is 16.5. The number of rotatable bonds is 7. The minimum absolute atomic E-state index is 0.470. The first-order chi connectivity index (χ1) is 13.7. The number of benzene rings is 1. The van der Waals surface area contributed by atoms with E-state index in [1.54, 1.807) is 7.11 Å². The molecule has 0 saturated heterocycles. The number of guanidine groups is 1. The summed E-state index contributed by atoms with van der Waals surface area (Å²) in [6.45, 7) is 3.91. The Hall–Kier alpha value is -3.35. The SMILES string of the molecule is CCNC(=NCc1cccc(OC)n1)N(C)Cc1ncc(-c2ccccc2)[nH]1. The van der Waals surface area contributed by atoms with E-state index in [0.717, 1.165) is 35.3 Å². The average molecular weight is 378 g/mol. The van der Waals surface area contributed by atoms with Crippen molar-refractivity contribution in [2.45, 2.75) is 20.0 Å². The summed E-state index contributed by atoms with van der Waals surface area (Å²) in [5, 5.41) is 3.32. The molecule has 3 aromatic rings. The number of H-pyrrole nitrogens is 1. The highest BCUT2D eigenvalue weighted by molar-refractivity contribution is 5.79. The van der Waals surface area contributed by atoms with Crippen LogP contribution in [0.25, 0.3) is 11.3 Å². The number of aromatic amines is 1. The van der Waals surface area contributed by atoms with Crippen molar-refractivity contribution in [1.29, 1.82) is 0 Å². The van der Waals surface area contributed by atoms with Gasteiger partial charge in [-0.1, -0.05) is 36.4 Å². The number of imidazole rings is 1. The topological polar surface area (TPSA) is 78.4 Å². The highest BCUT2D eigenvalue weighted by Gasteiger charge is 2.10. The van der Waals surface area contributed by atoms with Crippen LogP contribution in [0.1, 0.15) is 18.4 Å². The summed E-state index contributed by atoms with van der Waals surface area (Å²) in [5.41, 5.74) is 2.98. The van der Waals surface area contributed by atoms with Gasteiger partial charge in [-0.15, -0.1) is 0 Å². The Kier molecular flexibility index (Phi) is 6.62. The molecule has 0 atom stereocenters. The van der Waals surface area contributed by atoms with E-state index >= 15 is 0 Å². The number of methoxy groups -OCH3 is 1. The van der Waals surface area contributed by atoms with Gasteiger partial charge in [0.1, 0.15) is 5.82 Å². The van der Waals surface area contributed by atoms with Gasteiger partial charge in [-0.05, 0) is 18.6 Å². The predicted octanol–water partition coefficient (Wildman–Crippen LogP) is 3.08. The Morgan fingerprint density at radius 1 is 1.18 bits per heavy atom. The lowest BCUT2D eigenvalue weighted by atomic mass is 10.2. The van der Waals surface area contributed by atoms with Crippen LogP contribution >= 0.6 is 0 Å². The van der Waals surface area contributed by atoms with Gasteiger partial charge < -0.3 is 19.9 Å². The number of ether oxygens (including phenoxy) is 1. The Balaban J connectivity index is 1.69. The molecule has 0 fully saturated rings. The Bertz CT molecular complexity index is 906. The van der Waals surface area contributed by atoms with Crippen LogP contribution in [0.2, 0.25) is 0 Å². The quantitative estimate of drug-likeness (QED) is 0.488. The zero-order valence-electron chi connectivity index (χ0n) is 16.5. The second kappa shape index (κ2) is 9.55. The maximum atomic E-state index is 5.18. The van der Waals surface area contributed by atoms with E-state index in [9.17, 15) is 0 Å². The van der Waals surface area contributed by atoms with E-state index in [1.165, 1.54) is 0 Å². The van der Waals surface area contributed by atoms with E-state index < -0.39 is 0 Å². The van der Waals surface area contributed by atoms with Crippen LogP contribution in [0.4, 0.5) is 0 Å². The van der Waals surface area contributed by atoms with Crippen LogP contribution < -0.4 is 10.1 Å². The van der Waals surface area contributed by atoms with Gasteiger partial charge in [-0.3, -0.25) is 0 Å². The lowest BCUT2D eigenvalue weighted by Crippen LogP contribution is -2.38. The third-order valence-corrected chi connectivity index (χ3v) is 4.18. The van der Waals surface area contributed by atoms with Crippen molar-refractivity contribution in [3.05, 3.63) is 66.2 Å². The van der Waals surface area contributed by atoms with Crippen LogP contribution in [0.15, 0.2) is 59.7 Å². The van der Waals surface area contributed by atoms with Gasteiger partial charge in [0.15, 0.2) is 5.96 Å². The van der Waals surface area contributed by atoms with Crippen molar-refractivity contribution in [3.63, 3.8) is 0 Å². The van der Waals surface area contributed by atoms with Gasteiger partial charge >= 0.3 is 0 Å². The normalized spacial score (nSPS) is 11.3. The molecular weight excluding hydrogens is 352 g/mol. The summed E-state index contributed by atoms with van der Waals surface area (Å²) in [6, 6.07) is 15.8. The fourth-order valence-corrected chi connectivity index (χ4v) is 2.79. The van der Waals surface area contributed by atoms with Crippen LogP contribution in [0.5, 0.6) is 5.88 Å². The first kappa shape index (κ1) is 19.4. The molecule has 0 aliphatic rings. The molecule has 2 N–H and O–H groups in total. The highest BCUT2D eigenvalue weighted by Crippen LogP contribution is 2.16. The molecule has 2 heterocycles. The van der Waals surface area contributed by atoms with Crippen molar-refractivity contribution in [2.24, 2.45) is 4.99 Å². The van der Waals surface area contributed by atoms with Gasteiger partial charge in [0.05, 0.1) is 37.8 Å². The van der Waals surface area contributed by atoms with Crippen LogP contribution in [-0.2, 0) is 13.1 Å². The third kappa shape index (κ3) is 5.09. The number of hydrogen-bond acceptors (Lipinski definition) is 4. The standard InChI is InChI=1S/C21H26N6O/c1-4-22-21(24-13-17-11-8-12-20(25-17)28-3)27(2)15-19-23-14-18(26-19)16-9-6-5-7-10-16/h5-12,14H,4,13,15H2,1-3H3,(H,22,24)(H,23,26). The summed E-state index contributed by atoms with van der Waals surface area (Å²) in [4.78, 5) is 19.0. The molecule has 1 aromatic carbocycles. The van der Waals surface area contributed by atoms with Gasteiger partial charge in [-0.25, -0.2) is 15.0 Å². The summed E-state index contributed by atoms with van der Waals surface area (Å²) in [7, 11) is 3.60. The van der Waals surface area contributed by atoms with E-state index in [2.05, 4.69) is 32.4 Å². The van der Waals surface area contributed by atoms with Crippen LogP contribution in [-0.4, -0.2) is 46.5 Å². The fourth-order valence-electron chi connectivity index (χ4n) is 2.79. The molecule has 7 nitrogen and oxygen atoms in total. The van der Waals surface area contributed by atoms with Crippen LogP contribution in [0, 0.1) is 0 Å². The molecule has 2 aromatic heterocycles. The fraction of sp³-hybridized carbons (Fsp3) is 0.286. The largest absolute Gasteiger partial charge is 0.481 e. The van der Waals surface area contributed by atoms with Gasteiger partial charge in [0.2, 0.25) is 5.88 Å². The molecule has 0 radical (unpaired) electrons.